The van der Waals surface area contributed by atoms with Crippen molar-refractivity contribution in [2.24, 2.45) is 5.92 Å². The molecule has 3 rings (SSSR count). The third-order valence-corrected chi connectivity index (χ3v) is 5.06. The second-order valence-corrected chi connectivity index (χ2v) is 7.10. The summed E-state index contributed by atoms with van der Waals surface area (Å²) in [5.41, 5.74) is 0.567. The molecule has 3 N–H and O–H groups in total. The van der Waals surface area contributed by atoms with Gasteiger partial charge >= 0.3 is 11.8 Å². The molecule has 3 amide bonds. The number of rotatable bonds is 5. The fourth-order valence-electron chi connectivity index (χ4n) is 3.41. The molecule has 1 fully saturated rings. The van der Waals surface area contributed by atoms with E-state index in [4.69, 9.17) is 4.42 Å². The Morgan fingerprint density at radius 1 is 1.04 bits per heavy atom. The molecule has 2 atom stereocenters. The van der Waals surface area contributed by atoms with Crippen LogP contribution in [0.4, 0.5) is 5.69 Å². The SMILES string of the molecule is C[C@H]1CCCC[C@H]1NC(=O)C(=O)Nc1ccccc1C(=O)NCc1ccco1. The minimum absolute atomic E-state index is 0.0128. The first-order chi connectivity index (χ1) is 13.5. The lowest BCUT2D eigenvalue weighted by Crippen LogP contribution is -2.46. The largest absolute Gasteiger partial charge is 0.467 e. The molecule has 0 saturated heterocycles. The molecule has 2 aromatic rings. The summed E-state index contributed by atoms with van der Waals surface area (Å²) in [5, 5.41) is 8.10. The van der Waals surface area contributed by atoms with E-state index in [-0.39, 0.29) is 29.7 Å². The Morgan fingerprint density at radius 3 is 2.57 bits per heavy atom. The van der Waals surface area contributed by atoms with Gasteiger partial charge in [0.15, 0.2) is 0 Å². The van der Waals surface area contributed by atoms with Crippen molar-refractivity contribution < 1.29 is 18.8 Å². The van der Waals surface area contributed by atoms with Crippen LogP contribution in [0.25, 0.3) is 0 Å². The topological polar surface area (TPSA) is 100 Å². The van der Waals surface area contributed by atoms with Gasteiger partial charge in [-0.25, -0.2) is 0 Å². The van der Waals surface area contributed by atoms with Crippen molar-refractivity contribution >= 4 is 23.4 Å². The summed E-state index contributed by atoms with van der Waals surface area (Å²) >= 11 is 0. The molecule has 7 nitrogen and oxygen atoms in total. The fraction of sp³-hybridized carbons (Fsp3) is 0.381. The number of anilines is 1. The Morgan fingerprint density at radius 2 is 1.82 bits per heavy atom. The van der Waals surface area contributed by atoms with Crippen LogP contribution in [-0.2, 0) is 16.1 Å². The van der Waals surface area contributed by atoms with Crippen molar-refractivity contribution in [2.75, 3.05) is 5.32 Å². The van der Waals surface area contributed by atoms with Gasteiger partial charge in [0.2, 0.25) is 0 Å². The number of carbonyl (C=O) groups is 3. The molecule has 1 heterocycles. The van der Waals surface area contributed by atoms with E-state index in [2.05, 4.69) is 22.9 Å². The predicted molar refractivity (Wildman–Crippen MR) is 105 cm³/mol. The number of furan rings is 1. The first-order valence-corrected chi connectivity index (χ1v) is 9.56. The maximum Gasteiger partial charge on any atom is 0.313 e. The molecule has 1 saturated carbocycles. The van der Waals surface area contributed by atoms with Gasteiger partial charge in [-0.2, -0.15) is 0 Å². The van der Waals surface area contributed by atoms with Crippen LogP contribution in [0.1, 0.15) is 48.7 Å². The number of amides is 3. The van der Waals surface area contributed by atoms with Crippen LogP contribution in [0.2, 0.25) is 0 Å². The lowest BCUT2D eigenvalue weighted by molar-refractivity contribution is -0.137. The highest BCUT2D eigenvalue weighted by Crippen LogP contribution is 2.23. The van der Waals surface area contributed by atoms with Crippen LogP contribution in [0.3, 0.4) is 0 Å². The van der Waals surface area contributed by atoms with Crippen LogP contribution in [-0.4, -0.2) is 23.8 Å². The monoisotopic (exact) mass is 383 g/mol. The maximum absolute atomic E-state index is 12.5. The van der Waals surface area contributed by atoms with E-state index in [1.165, 1.54) is 6.26 Å². The molecular formula is C21H25N3O4. The zero-order valence-corrected chi connectivity index (χ0v) is 15.9. The molecular weight excluding hydrogens is 358 g/mol. The highest BCUT2D eigenvalue weighted by Gasteiger charge is 2.26. The number of para-hydroxylation sites is 1. The molecule has 148 valence electrons. The third-order valence-electron chi connectivity index (χ3n) is 5.06. The first-order valence-electron chi connectivity index (χ1n) is 9.56. The van der Waals surface area contributed by atoms with E-state index < -0.39 is 11.8 Å². The van der Waals surface area contributed by atoms with Crippen molar-refractivity contribution in [1.29, 1.82) is 0 Å². The van der Waals surface area contributed by atoms with Crippen molar-refractivity contribution in [3.8, 4) is 0 Å². The van der Waals surface area contributed by atoms with Gasteiger partial charge in [0.25, 0.3) is 5.91 Å². The van der Waals surface area contributed by atoms with Gasteiger partial charge in [0.1, 0.15) is 5.76 Å². The molecule has 1 aromatic carbocycles. The van der Waals surface area contributed by atoms with Gasteiger partial charge in [-0.3, -0.25) is 14.4 Å². The Labute approximate surface area is 163 Å². The average Bonchev–Trinajstić information content (AvgIpc) is 3.22. The van der Waals surface area contributed by atoms with E-state index in [1.807, 2.05) is 0 Å². The van der Waals surface area contributed by atoms with Gasteiger partial charge in [0.05, 0.1) is 24.1 Å². The Kier molecular flexibility index (Phi) is 6.47. The number of hydrogen-bond acceptors (Lipinski definition) is 4. The summed E-state index contributed by atoms with van der Waals surface area (Å²) < 4.78 is 5.19. The quantitative estimate of drug-likeness (QED) is 0.691. The second kappa shape index (κ2) is 9.21. The van der Waals surface area contributed by atoms with Crippen LogP contribution in [0.15, 0.2) is 47.1 Å². The van der Waals surface area contributed by atoms with Crippen LogP contribution in [0.5, 0.6) is 0 Å². The average molecular weight is 383 g/mol. The standard InChI is InChI=1S/C21H25N3O4/c1-14-7-2-4-10-17(14)23-20(26)21(27)24-18-11-5-3-9-16(18)19(25)22-13-15-8-6-12-28-15/h3,5-6,8-9,11-12,14,17H,2,4,7,10,13H2,1H3,(H,22,25)(H,23,26)(H,24,27)/t14-,17+/m0/s1. The molecule has 7 heteroatoms. The van der Waals surface area contributed by atoms with E-state index in [9.17, 15) is 14.4 Å². The van der Waals surface area contributed by atoms with Gasteiger partial charge in [-0.1, -0.05) is 31.9 Å². The fourth-order valence-corrected chi connectivity index (χ4v) is 3.41. The molecule has 0 radical (unpaired) electrons. The maximum atomic E-state index is 12.5. The van der Waals surface area contributed by atoms with E-state index in [0.717, 1.165) is 25.7 Å². The number of nitrogens with one attached hydrogen (secondary N) is 3. The number of hydrogen-bond donors (Lipinski definition) is 3. The zero-order chi connectivity index (χ0) is 19.9. The van der Waals surface area contributed by atoms with Gasteiger partial charge in [-0.05, 0) is 43.0 Å². The highest BCUT2D eigenvalue weighted by atomic mass is 16.3. The summed E-state index contributed by atoms with van der Waals surface area (Å²) in [6.45, 7) is 2.31. The zero-order valence-electron chi connectivity index (χ0n) is 15.9. The molecule has 1 aliphatic rings. The van der Waals surface area contributed by atoms with Crippen molar-refractivity contribution in [1.82, 2.24) is 10.6 Å². The highest BCUT2D eigenvalue weighted by molar-refractivity contribution is 6.40. The summed E-state index contributed by atoms with van der Waals surface area (Å²) in [7, 11) is 0. The molecule has 0 unspecified atom stereocenters. The van der Waals surface area contributed by atoms with Crippen molar-refractivity contribution in [2.45, 2.75) is 45.2 Å². The summed E-state index contributed by atoms with van der Waals surface area (Å²) in [5.74, 6) is -0.844. The van der Waals surface area contributed by atoms with Crippen LogP contribution < -0.4 is 16.0 Å². The molecule has 28 heavy (non-hydrogen) atoms. The molecule has 1 aromatic heterocycles. The third kappa shape index (κ3) is 5.00. The molecule has 0 spiro atoms. The van der Waals surface area contributed by atoms with Crippen molar-refractivity contribution in [3.05, 3.63) is 54.0 Å². The first kappa shape index (κ1) is 19.7. The molecule has 0 aliphatic heterocycles. The minimum atomic E-state index is -0.774. The smallest absolute Gasteiger partial charge is 0.313 e. The Hall–Kier alpha value is -3.09. The van der Waals surface area contributed by atoms with Crippen LogP contribution >= 0.6 is 0 Å². The van der Waals surface area contributed by atoms with E-state index in [1.54, 1.807) is 36.4 Å². The summed E-state index contributed by atoms with van der Waals surface area (Å²) in [6.07, 6.45) is 5.66. The predicted octanol–water partition coefficient (Wildman–Crippen LogP) is 2.84. The van der Waals surface area contributed by atoms with Crippen molar-refractivity contribution in [3.63, 3.8) is 0 Å². The lowest BCUT2D eigenvalue weighted by Gasteiger charge is -2.29. The van der Waals surface area contributed by atoms with E-state index in [0.29, 0.717) is 11.7 Å². The normalized spacial score (nSPS) is 18.9. The number of benzene rings is 1. The van der Waals surface area contributed by atoms with Gasteiger partial charge in [0, 0.05) is 6.04 Å². The summed E-state index contributed by atoms with van der Waals surface area (Å²) in [6, 6.07) is 10.1. The van der Waals surface area contributed by atoms with Gasteiger partial charge in [-0.15, -0.1) is 0 Å². The minimum Gasteiger partial charge on any atom is -0.467 e. The van der Waals surface area contributed by atoms with Gasteiger partial charge < -0.3 is 20.4 Å². The van der Waals surface area contributed by atoms with Crippen LogP contribution in [0, 0.1) is 5.92 Å². The molecule has 1 aliphatic carbocycles. The Bertz CT molecular complexity index is 832. The van der Waals surface area contributed by atoms with E-state index >= 15 is 0 Å². The second-order valence-electron chi connectivity index (χ2n) is 7.10. The Balaban J connectivity index is 1.61. The summed E-state index contributed by atoms with van der Waals surface area (Å²) in [4.78, 5) is 37.1. The number of carbonyl (C=O) groups excluding carboxylic acids is 3. The lowest BCUT2D eigenvalue weighted by atomic mass is 9.86. The molecule has 0 bridgehead atoms.